The van der Waals surface area contributed by atoms with Crippen molar-refractivity contribution in [3.63, 3.8) is 0 Å². The molecule has 14 heteroatoms. The van der Waals surface area contributed by atoms with Gasteiger partial charge in [-0.15, -0.1) is 0 Å². The molecule has 0 radical (unpaired) electrons. The first-order valence-electron chi connectivity index (χ1n) is 10.1. The molecule has 0 saturated carbocycles. The summed E-state index contributed by atoms with van der Waals surface area (Å²) in [5.41, 5.74) is 0.770. The molecule has 2 heterocycles. The van der Waals surface area contributed by atoms with Gasteiger partial charge in [0.15, 0.2) is 0 Å². The van der Waals surface area contributed by atoms with Gasteiger partial charge >= 0.3 is 23.9 Å². The highest BCUT2D eigenvalue weighted by atomic mass is 79.9. The maximum Gasteiger partial charge on any atom is 0.347 e. The summed E-state index contributed by atoms with van der Waals surface area (Å²) in [6.45, 7) is 0. The van der Waals surface area contributed by atoms with E-state index in [0.717, 1.165) is 0 Å². The molecular weight excluding hydrogens is 1020 g/mol. The van der Waals surface area contributed by atoms with Crippen molar-refractivity contribution in [3.05, 3.63) is 58.0 Å². The van der Waals surface area contributed by atoms with Crippen molar-refractivity contribution in [1.29, 1.82) is 0 Å². The number of carbonyl (C=O) groups excluding carboxylic acids is 4. The number of esters is 4. The van der Waals surface area contributed by atoms with E-state index in [1.165, 1.54) is 0 Å². The normalized spacial score (nSPS) is 14.9. The van der Waals surface area contributed by atoms with Crippen LogP contribution in [0.3, 0.4) is 0 Å². The van der Waals surface area contributed by atoms with Gasteiger partial charge < -0.3 is 9.47 Å². The molecule has 5 aromatic carbocycles. The minimum Gasteiger partial charge on any atom is -0.386 e. The van der Waals surface area contributed by atoms with Crippen LogP contribution in [0.15, 0.2) is 35.8 Å². The van der Waals surface area contributed by atoms with Crippen LogP contribution in [0.1, 0.15) is 41.4 Å². The second-order valence-electron chi connectivity index (χ2n) is 8.37. The highest BCUT2D eigenvalue weighted by Gasteiger charge is 2.40. The minimum atomic E-state index is -0.785. The summed E-state index contributed by atoms with van der Waals surface area (Å²) in [5.74, 6) is -3.14. The maximum atomic E-state index is 13.0. The molecule has 0 unspecified atom stereocenters. The van der Waals surface area contributed by atoms with Crippen LogP contribution < -0.4 is 0 Å². The molecule has 0 spiro atoms. The first kappa shape index (κ1) is 26.4. The van der Waals surface area contributed by atoms with Crippen LogP contribution in [0.25, 0.3) is 43.1 Å². The van der Waals surface area contributed by atoms with Gasteiger partial charge in [0.1, 0.15) is 0 Å². The zero-order valence-electron chi connectivity index (χ0n) is 17.5. The third-order valence-corrected chi connectivity index (χ3v) is 15.2. The zero-order chi connectivity index (χ0) is 27.3. The summed E-state index contributed by atoms with van der Waals surface area (Å²) >= 11 is 28.9. The van der Waals surface area contributed by atoms with E-state index in [9.17, 15) is 19.2 Å². The van der Waals surface area contributed by atoms with Crippen LogP contribution in [0.2, 0.25) is 0 Å². The molecule has 2 aliphatic heterocycles. The Kier molecular flexibility index (Phi) is 5.93. The van der Waals surface area contributed by atoms with Gasteiger partial charge in [0.05, 0.1) is 22.3 Å². The summed E-state index contributed by atoms with van der Waals surface area (Å²) in [6.07, 6.45) is 0. The lowest BCUT2D eigenvalue weighted by atomic mass is 9.83. The lowest BCUT2D eigenvalue weighted by Gasteiger charge is -2.28. The minimum absolute atomic E-state index is 0.192. The van der Waals surface area contributed by atoms with Crippen molar-refractivity contribution >= 4 is 194 Å². The van der Waals surface area contributed by atoms with Gasteiger partial charge in [0.25, 0.3) is 0 Å². The number of fused-ring (bicyclic) bond motifs is 2. The Balaban J connectivity index is 2.01. The van der Waals surface area contributed by atoms with Crippen molar-refractivity contribution in [2.75, 3.05) is 0 Å². The third-order valence-electron chi connectivity index (χ3n) is 6.71. The zero-order valence-corrected chi connectivity index (χ0v) is 30.2. The maximum absolute atomic E-state index is 13.0. The molecule has 6 nitrogen and oxygen atoms in total. The van der Waals surface area contributed by atoms with Crippen LogP contribution >= 0.6 is 127 Å². The Morgan fingerprint density at radius 2 is 0.500 bits per heavy atom. The summed E-state index contributed by atoms with van der Waals surface area (Å²) in [6, 6.07) is 0. The van der Waals surface area contributed by atoms with E-state index in [2.05, 4.69) is 127 Å². The Hall–Kier alpha value is -0.480. The number of carbonyl (C=O) groups is 4. The van der Waals surface area contributed by atoms with Crippen LogP contribution in [0.5, 0.6) is 0 Å². The molecular formula is C24Br8O6. The van der Waals surface area contributed by atoms with Gasteiger partial charge in [-0.1, -0.05) is 0 Å². The highest BCUT2D eigenvalue weighted by molar-refractivity contribution is 9.14. The van der Waals surface area contributed by atoms with E-state index < -0.39 is 23.9 Å². The Bertz CT molecular complexity index is 1840. The number of hydrogen-bond donors (Lipinski definition) is 0. The topological polar surface area (TPSA) is 86.7 Å². The Labute approximate surface area is 277 Å². The number of hydrogen-bond acceptors (Lipinski definition) is 6. The van der Waals surface area contributed by atoms with E-state index in [4.69, 9.17) is 9.47 Å². The van der Waals surface area contributed by atoms with E-state index in [1.54, 1.807) is 0 Å². The SMILES string of the molecule is O=C1OC(=O)c2c(Br)c(Br)c3c4c(Br)c(Br)c5c6c(c(Br)c(Br)c(c7c(Br)c(Br)c1c2c73)c64)C(=O)OC5=O. The van der Waals surface area contributed by atoms with E-state index in [1.807, 2.05) is 0 Å². The fourth-order valence-corrected chi connectivity index (χ4v) is 9.95. The molecule has 0 saturated heterocycles. The number of halogens is 8. The van der Waals surface area contributed by atoms with E-state index >= 15 is 0 Å². The molecule has 7 rings (SSSR count). The first-order valence-corrected chi connectivity index (χ1v) is 16.5. The largest absolute Gasteiger partial charge is 0.386 e. The van der Waals surface area contributed by atoms with Crippen LogP contribution in [0, 0.1) is 0 Å². The molecule has 0 atom stereocenters. The third kappa shape index (κ3) is 2.96. The average Bonchev–Trinajstić information content (AvgIpc) is 2.85. The van der Waals surface area contributed by atoms with Crippen molar-refractivity contribution < 1.29 is 28.7 Å². The molecule has 0 N–H and O–H groups in total. The fraction of sp³-hybridized carbons (Fsp3) is 0. The van der Waals surface area contributed by atoms with Crippen LogP contribution in [-0.4, -0.2) is 23.9 Å². The Morgan fingerprint density at radius 3 is 0.711 bits per heavy atom. The average molecular weight is 1020 g/mol. The van der Waals surface area contributed by atoms with Crippen molar-refractivity contribution in [2.24, 2.45) is 0 Å². The van der Waals surface area contributed by atoms with E-state index in [0.29, 0.717) is 78.9 Å². The first-order chi connectivity index (χ1) is 17.9. The molecule has 5 aromatic rings. The Morgan fingerprint density at radius 1 is 0.289 bits per heavy atom. The molecule has 2 aliphatic rings. The summed E-state index contributed by atoms with van der Waals surface area (Å²) < 4.78 is 13.8. The van der Waals surface area contributed by atoms with Gasteiger partial charge in [0.2, 0.25) is 0 Å². The number of rotatable bonds is 0. The fourth-order valence-electron chi connectivity index (χ4n) is 5.33. The predicted octanol–water partition coefficient (Wildman–Crippen LogP) is 10.5. The lowest BCUT2D eigenvalue weighted by molar-refractivity contribution is 0.0371. The van der Waals surface area contributed by atoms with Crippen LogP contribution in [-0.2, 0) is 9.47 Å². The second-order valence-corrected chi connectivity index (χ2v) is 14.7. The lowest BCUT2D eigenvalue weighted by Crippen LogP contribution is -2.22. The number of cyclic esters (lactones) is 4. The van der Waals surface area contributed by atoms with Gasteiger partial charge in [-0.05, 0) is 127 Å². The smallest absolute Gasteiger partial charge is 0.347 e. The summed E-state index contributed by atoms with van der Waals surface area (Å²) in [7, 11) is 0. The van der Waals surface area contributed by atoms with Gasteiger partial charge in [-0.3, -0.25) is 0 Å². The summed E-state index contributed by atoms with van der Waals surface area (Å²) in [5, 5.41) is 4.57. The summed E-state index contributed by atoms with van der Waals surface area (Å²) in [4.78, 5) is 52.1. The second kappa shape index (κ2) is 8.52. The highest BCUT2D eigenvalue weighted by Crippen LogP contribution is 2.59. The van der Waals surface area contributed by atoms with Gasteiger partial charge in [-0.25, -0.2) is 19.2 Å². The molecule has 0 aromatic heterocycles. The van der Waals surface area contributed by atoms with Crippen molar-refractivity contribution in [1.82, 2.24) is 0 Å². The van der Waals surface area contributed by atoms with Crippen molar-refractivity contribution in [2.45, 2.75) is 0 Å². The number of ether oxygens (including phenoxy) is 2. The molecule has 38 heavy (non-hydrogen) atoms. The molecule has 0 aliphatic carbocycles. The standard InChI is InChI=1S/C24Br8O6/c25-13-5-1-3-9(17(13)29)21(33)37-22(34)10(3)18(30)14(26)6(1)8-2-4-11(19(31)15(27)7(2)5)23(35)38-24(36)12(4)20(32)16(8)28. The molecule has 0 fully saturated rings. The quantitative estimate of drug-likeness (QED) is 0.0665. The van der Waals surface area contributed by atoms with Crippen LogP contribution in [0.4, 0.5) is 0 Å². The molecule has 188 valence electrons. The monoisotopic (exact) mass is 1020 g/mol. The molecule has 0 amide bonds. The number of benzene rings is 5. The van der Waals surface area contributed by atoms with Gasteiger partial charge in [0, 0.05) is 78.9 Å². The van der Waals surface area contributed by atoms with Crippen molar-refractivity contribution in [3.8, 4) is 0 Å². The predicted molar refractivity (Wildman–Crippen MR) is 169 cm³/mol. The molecule has 0 bridgehead atoms. The van der Waals surface area contributed by atoms with E-state index in [-0.39, 0.29) is 22.3 Å². The van der Waals surface area contributed by atoms with Gasteiger partial charge in [-0.2, -0.15) is 0 Å².